The van der Waals surface area contributed by atoms with E-state index in [1.807, 2.05) is 6.07 Å². The Morgan fingerprint density at radius 2 is 1.83 bits per heavy atom. The van der Waals surface area contributed by atoms with Crippen LogP contribution in [0.4, 0.5) is 0 Å². The molecule has 18 heavy (non-hydrogen) atoms. The summed E-state index contributed by atoms with van der Waals surface area (Å²) in [5.74, 6) is 0. The van der Waals surface area contributed by atoms with Gasteiger partial charge in [-0.2, -0.15) is 0 Å². The van der Waals surface area contributed by atoms with Crippen LogP contribution in [0.1, 0.15) is 31.9 Å². The van der Waals surface area contributed by atoms with Gasteiger partial charge in [0.15, 0.2) is 0 Å². The predicted molar refractivity (Wildman–Crippen MR) is 76.6 cm³/mol. The molecule has 0 aliphatic rings. The lowest BCUT2D eigenvalue weighted by atomic mass is 9.86. The molecule has 2 heteroatoms. The van der Waals surface area contributed by atoms with Gasteiger partial charge in [-0.1, -0.05) is 49.4 Å². The molecule has 2 unspecified atom stereocenters. The lowest BCUT2D eigenvalue weighted by molar-refractivity contribution is -0.0191. The summed E-state index contributed by atoms with van der Waals surface area (Å²) in [5.41, 5.74) is 7.26. The van der Waals surface area contributed by atoms with Crippen molar-refractivity contribution in [3.05, 3.63) is 48.0 Å². The van der Waals surface area contributed by atoms with Crippen molar-refractivity contribution in [2.75, 3.05) is 7.11 Å². The zero-order chi connectivity index (χ0) is 13.2. The Bertz CT molecular complexity index is 526. The van der Waals surface area contributed by atoms with Gasteiger partial charge >= 0.3 is 0 Å². The van der Waals surface area contributed by atoms with Crippen molar-refractivity contribution >= 4 is 10.8 Å². The molecule has 2 aromatic carbocycles. The van der Waals surface area contributed by atoms with Crippen LogP contribution in [0.15, 0.2) is 42.5 Å². The molecular formula is C16H21NO. The second-order valence-electron chi connectivity index (χ2n) is 4.92. The van der Waals surface area contributed by atoms with Gasteiger partial charge in [-0.15, -0.1) is 0 Å². The second kappa shape index (κ2) is 5.09. The Kier molecular flexibility index (Phi) is 3.69. The third-order valence-corrected chi connectivity index (χ3v) is 3.98. The summed E-state index contributed by atoms with van der Waals surface area (Å²) in [6, 6.07) is 14.5. The van der Waals surface area contributed by atoms with E-state index < -0.39 is 0 Å². The molecular weight excluding hydrogens is 222 g/mol. The fourth-order valence-electron chi connectivity index (χ4n) is 2.34. The van der Waals surface area contributed by atoms with Crippen LogP contribution in [-0.2, 0) is 4.74 Å². The van der Waals surface area contributed by atoms with Crippen molar-refractivity contribution in [1.29, 1.82) is 0 Å². The molecule has 0 heterocycles. The maximum Gasteiger partial charge on any atom is 0.0840 e. The monoisotopic (exact) mass is 243 g/mol. The van der Waals surface area contributed by atoms with Gasteiger partial charge in [0.05, 0.1) is 11.6 Å². The second-order valence-corrected chi connectivity index (χ2v) is 4.92. The summed E-state index contributed by atoms with van der Waals surface area (Å²) in [6.45, 7) is 4.17. The third kappa shape index (κ3) is 2.14. The molecule has 0 spiro atoms. The molecule has 0 aromatic heterocycles. The normalized spacial score (nSPS) is 16.4. The van der Waals surface area contributed by atoms with Gasteiger partial charge in [-0.05, 0) is 29.7 Å². The minimum atomic E-state index is -0.329. The lowest BCUT2D eigenvalue weighted by Crippen LogP contribution is -2.39. The molecule has 2 nitrogen and oxygen atoms in total. The molecule has 96 valence electrons. The van der Waals surface area contributed by atoms with Crippen LogP contribution in [0.25, 0.3) is 10.8 Å². The van der Waals surface area contributed by atoms with Crippen LogP contribution in [0, 0.1) is 0 Å². The first-order chi connectivity index (χ1) is 8.62. The number of methoxy groups -OCH3 is 1. The third-order valence-electron chi connectivity index (χ3n) is 3.98. The molecule has 0 saturated heterocycles. The molecule has 0 aliphatic heterocycles. The first-order valence-corrected chi connectivity index (χ1v) is 6.41. The van der Waals surface area contributed by atoms with E-state index in [9.17, 15) is 0 Å². The molecule has 2 N–H and O–H groups in total. The fourth-order valence-corrected chi connectivity index (χ4v) is 2.34. The van der Waals surface area contributed by atoms with Crippen molar-refractivity contribution < 1.29 is 4.74 Å². The topological polar surface area (TPSA) is 35.2 Å². The number of rotatable bonds is 4. The van der Waals surface area contributed by atoms with Crippen LogP contribution in [0.3, 0.4) is 0 Å². The van der Waals surface area contributed by atoms with Gasteiger partial charge in [-0.25, -0.2) is 0 Å². The van der Waals surface area contributed by atoms with Crippen LogP contribution >= 0.6 is 0 Å². The lowest BCUT2D eigenvalue weighted by Gasteiger charge is -2.34. The van der Waals surface area contributed by atoms with Crippen molar-refractivity contribution in [1.82, 2.24) is 0 Å². The molecule has 0 radical (unpaired) electrons. The Morgan fingerprint density at radius 3 is 2.50 bits per heavy atom. The van der Waals surface area contributed by atoms with Crippen molar-refractivity contribution in [3.63, 3.8) is 0 Å². The highest BCUT2D eigenvalue weighted by Crippen LogP contribution is 2.33. The largest absolute Gasteiger partial charge is 0.377 e. The fraction of sp³-hybridized carbons (Fsp3) is 0.375. The minimum absolute atomic E-state index is 0.126. The number of hydrogen-bond donors (Lipinski definition) is 1. The highest BCUT2D eigenvalue weighted by molar-refractivity contribution is 5.86. The number of hydrogen-bond acceptors (Lipinski definition) is 2. The minimum Gasteiger partial charge on any atom is -0.377 e. The Labute approximate surface area is 109 Å². The van der Waals surface area contributed by atoms with Crippen LogP contribution in [-0.4, -0.2) is 12.7 Å². The summed E-state index contributed by atoms with van der Waals surface area (Å²) >= 11 is 0. The molecule has 2 atom stereocenters. The van der Waals surface area contributed by atoms with Gasteiger partial charge < -0.3 is 10.5 Å². The van der Waals surface area contributed by atoms with E-state index >= 15 is 0 Å². The molecule has 2 rings (SSSR count). The molecule has 2 aromatic rings. The quantitative estimate of drug-likeness (QED) is 0.889. The van der Waals surface area contributed by atoms with E-state index in [0.717, 1.165) is 12.0 Å². The summed E-state index contributed by atoms with van der Waals surface area (Å²) in [7, 11) is 1.73. The zero-order valence-corrected chi connectivity index (χ0v) is 11.3. The van der Waals surface area contributed by atoms with Gasteiger partial charge in [0.25, 0.3) is 0 Å². The van der Waals surface area contributed by atoms with Crippen molar-refractivity contribution in [2.45, 2.75) is 31.9 Å². The molecule has 0 amide bonds. The van der Waals surface area contributed by atoms with E-state index in [0.29, 0.717) is 0 Å². The van der Waals surface area contributed by atoms with E-state index in [1.54, 1.807) is 7.11 Å². The Hall–Kier alpha value is -1.38. The summed E-state index contributed by atoms with van der Waals surface area (Å²) in [6.07, 6.45) is 0.883. The van der Waals surface area contributed by atoms with Gasteiger partial charge in [0.2, 0.25) is 0 Å². The average molecular weight is 243 g/mol. The highest BCUT2D eigenvalue weighted by atomic mass is 16.5. The van der Waals surface area contributed by atoms with E-state index in [1.165, 1.54) is 10.8 Å². The van der Waals surface area contributed by atoms with E-state index in [2.05, 4.69) is 50.2 Å². The standard InChI is InChI=1S/C16H21NO/c1-4-16(2,18-3)15(17)14-11-7-9-12-8-5-6-10-13(12)14/h5-11,15H,4,17H2,1-3H3. The number of nitrogens with two attached hydrogens (primary N) is 1. The maximum absolute atomic E-state index is 6.44. The first-order valence-electron chi connectivity index (χ1n) is 6.41. The SMILES string of the molecule is CCC(C)(OC)C(N)c1cccc2ccccc12. The van der Waals surface area contributed by atoms with Crippen LogP contribution in [0.2, 0.25) is 0 Å². The summed E-state index contributed by atoms with van der Waals surface area (Å²) in [4.78, 5) is 0. The van der Waals surface area contributed by atoms with E-state index in [4.69, 9.17) is 10.5 Å². The molecule has 0 aliphatic carbocycles. The van der Waals surface area contributed by atoms with Crippen LogP contribution in [0.5, 0.6) is 0 Å². The number of benzene rings is 2. The summed E-state index contributed by atoms with van der Waals surface area (Å²) < 4.78 is 5.63. The smallest absolute Gasteiger partial charge is 0.0840 e. The molecule has 0 saturated carbocycles. The van der Waals surface area contributed by atoms with Crippen molar-refractivity contribution in [3.8, 4) is 0 Å². The van der Waals surface area contributed by atoms with Gasteiger partial charge in [0, 0.05) is 7.11 Å². The average Bonchev–Trinajstić information content (AvgIpc) is 2.45. The van der Waals surface area contributed by atoms with Crippen molar-refractivity contribution in [2.24, 2.45) is 5.73 Å². The predicted octanol–water partition coefficient (Wildman–Crippen LogP) is 3.65. The molecule has 0 fully saturated rings. The van der Waals surface area contributed by atoms with Gasteiger partial charge in [-0.3, -0.25) is 0 Å². The van der Waals surface area contributed by atoms with Gasteiger partial charge in [0.1, 0.15) is 0 Å². The highest BCUT2D eigenvalue weighted by Gasteiger charge is 2.31. The summed E-state index contributed by atoms with van der Waals surface area (Å²) in [5, 5.41) is 2.43. The number of fused-ring (bicyclic) bond motifs is 1. The van der Waals surface area contributed by atoms with Crippen LogP contribution < -0.4 is 5.73 Å². The first kappa shape index (κ1) is 13.1. The zero-order valence-electron chi connectivity index (χ0n) is 11.3. The Balaban J connectivity index is 2.54. The molecule has 0 bridgehead atoms. The maximum atomic E-state index is 6.44. The van der Waals surface area contributed by atoms with E-state index in [-0.39, 0.29) is 11.6 Å². The number of ether oxygens (including phenoxy) is 1. The Morgan fingerprint density at radius 1 is 1.17 bits per heavy atom.